The summed E-state index contributed by atoms with van der Waals surface area (Å²) in [6, 6.07) is 8.84. The summed E-state index contributed by atoms with van der Waals surface area (Å²) in [7, 11) is 0. The van der Waals surface area contributed by atoms with Crippen molar-refractivity contribution < 1.29 is 14.3 Å². The number of carboxylic acids is 1. The Morgan fingerprint density at radius 3 is 2.75 bits per heavy atom. The third-order valence-electron chi connectivity index (χ3n) is 2.70. The fourth-order valence-corrected chi connectivity index (χ4v) is 1.74. The maximum absolute atomic E-state index is 13.4. The predicted octanol–water partition coefficient (Wildman–Crippen LogP) is 2.84. The van der Waals surface area contributed by atoms with Crippen molar-refractivity contribution in [2.24, 2.45) is 0 Å². The van der Waals surface area contributed by atoms with E-state index in [0.717, 1.165) is 0 Å². The summed E-state index contributed by atoms with van der Waals surface area (Å²) in [6.45, 7) is 1.56. The molecule has 0 amide bonds. The molecule has 6 heteroatoms. The van der Waals surface area contributed by atoms with Crippen LogP contribution in [0.1, 0.15) is 21.6 Å². The lowest BCUT2D eigenvalue weighted by Gasteiger charge is -2.09. The first-order valence-corrected chi connectivity index (χ1v) is 5.69. The van der Waals surface area contributed by atoms with Gasteiger partial charge >= 0.3 is 5.97 Å². The SMILES string of the molecule is Cc1nc(Nc2cccc(F)c2C#N)ccc1C(=O)O. The van der Waals surface area contributed by atoms with Gasteiger partial charge in [-0.15, -0.1) is 0 Å². The minimum absolute atomic E-state index is 0.0929. The largest absolute Gasteiger partial charge is 0.478 e. The number of carboxylic acid groups (broad SMARTS) is 1. The average Bonchev–Trinajstić information content (AvgIpc) is 2.38. The summed E-state index contributed by atoms with van der Waals surface area (Å²) in [6.07, 6.45) is 0. The van der Waals surface area contributed by atoms with Gasteiger partial charge < -0.3 is 10.4 Å². The molecule has 0 saturated carbocycles. The van der Waals surface area contributed by atoms with Crippen molar-refractivity contribution in [2.45, 2.75) is 6.92 Å². The Hall–Kier alpha value is -2.94. The summed E-state index contributed by atoms with van der Waals surface area (Å²) >= 11 is 0. The van der Waals surface area contributed by atoms with Crippen molar-refractivity contribution in [3.05, 3.63) is 53.0 Å². The highest BCUT2D eigenvalue weighted by Crippen LogP contribution is 2.22. The van der Waals surface area contributed by atoms with E-state index in [1.54, 1.807) is 19.1 Å². The molecule has 0 bridgehead atoms. The lowest BCUT2D eigenvalue weighted by atomic mass is 10.1. The maximum Gasteiger partial charge on any atom is 0.337 e. The number of nitriles is 1. The van der Waals surface area contributed by atoms with Crippen LogP contribution >= 0.6 is 0 Å². The molecule has 2 rings (SSSR count). The van der Waals surface area contributed by atoms with Gasteiger partial charge in [0.25, 0.3) is 0 Å². The van der Waals surface area contributed by atoms with E-state index in [9.17, 15) is 9.18 Å². The minimum Gasteiger partial charge on any atom is -0.478 e. The number of nitrogens with one attached hydrogen (secondary N) is 1. The van der Waals surface area contributed by atoms with Gasteiger partial charge in [0.05, 0.1) is 16.9 Å². The minimum atomic E-state index is -1.06. The number of hydrogen-bond acceptors (Lipinski definition) is 4. The molecule has 0 atom stereocenters. The quantitative estimate of drug-likeness (QED) is 0.896. The number of halogens is 1. The molecule has 2 aromatic rings. The van der Waals surface area contributed by atoms with Crippen LogP contribution in [-0.2, 0) is 0 Å². The zero-order valence-electron chi connectivity index (χ0n) is 10.5. The summed E-state index contributed by atoms with van der Waals surface area (Å²) in [4.78, 5) is 15.0. The molecule has 0 unspecified atom stereocenters. The topological polar surface area (TPSA) is 86.0 Å². The zero-order valence-corrected chi connectivity index (χ0v) is 10.5. The van der Waals surface area contributed by atoms with E-state index in [-0.39, 0.29) is 16.8 Å². The molecule has 0 radical (unpaired) electrons. The van der Waals surface area contributed by atoms with Crippen LogP contribution < -0.4 is 5.32 Å². The van der Waals surface area contributed by atoms with E-state index in [1.807, 2.05) is 0 Å². The van der Waals surface area contributed by atoms with Crippen molar-refractivity contribution in [1.29, 1.82) is 5.26 Å². The fraction of sp³-hybridized carbons (Fsp3) is 0.0714. The van der Waals surface area contributed by atoms with E-state index in [1.165, 1.54) is 24.3 Å². The molecule has 0 spiro atoms. The lowest BCUT2D eigenvalue weighted by Crippen LogP contribution is -2.04. The van der Waals surface area contributed by atoms with Gasteiger partial charge in [0.1, 0.15) is 23.3 Å². The molecule has 100 valence electrons. The number of aryl methyl sites for hydroxylation is 1. The zero-order chi connectivity index (χ0) is 14.7. The Bertz CT molecular complexity index is 723. The summed E-state index contributed by atoms with van der Waals surface area (Å²) < 4.78 is 13.4. The average molecular weight is 271 g/mol. The highest BCUT2D eigenvalue weighted by Gasteiger charge is 2.11. The van der Waals surface area contributed by atoms with Crippen molar-refractivity contribution in [1.82, 2.24) is 4.98 Å². The number of aromatic carboxylic acids is 1. The second-order valence-corrected chi connectivity index (χ2v) is 4.03. The van der Waals surface area contributed by atoms with Crippen LogP contribution in [0.25, 0.3) is 0 Å². The summed E-state index contributed by atoms with van der Waals surface area (Å²) in [5.41, 5.74) is 0.587. The molecule has 0 aliphatic carbocycles. The number of hydrogen-bond donors (Lipinski definition) is 2. The summed E-state index contributed by atoms with van der Waals surface area (Å²) in [5, 5.41) is 20.6. The van der Waals surface area contributed by atoms with Gasteiger partial charge in [-0.25, -0.2) is 14.2 Å². The van der Waals surface area contributed by atoms with Crippen LogP contribution in [0.2, 0.25) is 0 Å². The van der Waals surface area contributed by atoms with E-state index < -0.39 is 11.8 Å². The Balaban J connectivity index is 2.37. The molecular weight excluding hydrogens is 261 g/mol. The first-order valence-electron chi connectivity index (χ1n) is 5.69. The Kier molecular flexibility index (Phi) is 3.62. The van der Waals surface area contributed by atoms with Crippen LogP contribution in [-0.4, -0.2) is 16.1 Å². The van der Waals surface area contributed by atoms with Gasteiger partial charge in [-0.3, -0.25) is 0 Å². The van der Waals surface area contributed by atoms with Gasteiger partial charge in [0.15, 0.2) is 0 Å². The van der Waals surface area contributed by atoms with Gasteiger partial charge in [-0.1, -0.05) is 6.07 Å². The monoisotopic (exact) mass is 271 g/mol. The first-order chi connectivity index (χ1) is 9.52. The maximum atomic E-state index is 13.4. The van der Waals surface area contributed by atoms with E-state index in [4.69, 9.17) is 10.4 Å². The van der Waals surface area contributed by atoms with E-state index in [0.29, 0.717) is 11.5 Å². The molecule has 20 heavy (non-hydrogen) atoms. The molecule has 2 N–H and O–H groups in total. The second kappa shape index (κ2) is 5.36. The number of benzene rings is 1. The molecule has 5 nitrogen and oxygen atoms in total. The Morgan fingerprint density at radius 1 is 1.40 bits per heavy atom. The van der Waals surface area contributed by atoms with Crippen LogP contribution in [0, 0.1) is 24.1 Å². The molecule has 0 aliphatic heterocycles. The van der Waals surface area contributed by atoms with Gasteiger partial charge in [-0.2, -0.15) is 5.26 Å². The van der Waals surface area contributed by atoms with Crippen molar-refractivity contribution in [3.63, 3.8) is 0 Å². The third-order valence-corrected chi connectivity index (χ3v) is 2.70. The molecule has 1 aromatic carbocycles. The molecule has 1 aromatic heterocycles. The number of pyridine rings is 1. The number of rotatable bonds is 3. The number of anilines is 2. The third kappa shape index (κ3) is 2.57. The molecule has 0 fully saturated rings. The van der Waals surface area contributed by atoms with E-state index in [2.05, 4.69) is 10.3 Å². The van der Waals surface area contributed by atoms with Crippen LogP contribution in [0.5, 0.6) is 0 Å². The Labute approximate surface area is 114 Å². The highest BCUT2D eigenvalue weighted by molar-refractivity contribution is 5.89. The number of carbonyl (C=O) groups is 1. The van der Waals surface area contributed by atoms with Crippen LogP contribution in [0.4, 0.5) is 15.9 Å². The van der Waals surface area contributed by atoms with Gasteiger partial charge in [0.2, 0.25) is 0 Å². The van der Waals surface area contributed by atoms with Crippen LogP contribution in [0.15, 0.2) is 30.3 Å². The fourth-order valence-electron chi connectivity index (χ4n) is 1.74. The van der Waals surface area contributed by atoms with Gasteiger partial charge in [-0.05, 0) is 31.2 Å². The molecule has 0 saturated heterocycles. The molecular formula is C14H10FN3O2. The second-order valence-electron chi connectivity index (χ2n) is 4.03. The number of nitrogens with zero attached hydrogens (tertiary/aromatic N) is 2. The van der Waals surface area contributed by atoms with E-state index >= 15 is 0 Å². The van der Waals surface area contributed by atoms with Gasteiger partial charge in [0, 0.05) is 0 Å². The standard InChI is InChI=1S/C14H10FN3O2/c1-8-9(14(19)20)5-6-13(17-8)18-12-4-2-3-11(15)10(12)7-16/h2-6H,1H3,(H,17,18)(H,19,20). The summed E-state index contributed by atoms with van der Waals surface area (Å²) in [5.74, 6) is -1.35. The smallest absolute Gasteiger partial charge is 0.337 e. The van der Waals surface area contributed by atoms with Crippen LogP contribution in [0.3, 0.4) is 0 Å². The number of aromatic nitrogens is 1. The highest BCUT2D eigenvalue weighted by atomic mass is 19.1. The normalized spacial score (nSPS) is 9.85. The van der Waals surface area contributed by atoms with Crippen molar-refractivity contribution in [3.8, 4) is 6.07 Å². The Morgan fingerprint density at radius 2 is 2.15 bits per heavy atom. The van der Waals surface area contributed by atoms with Crippen molar-refractivity contribution in [2.75, 3.05) is 5.32 Å². The first kappa shape index (κ1) is 13.5. The molecule has 0 aliphatic rings. The van der Waals surface area contributed by atoms with Crippen molar-refractivity contribution >= 4 is 17.5 Å². The predicted molar refractivity (Wildman–Crippen MR) is 70.3 cm³/mol. The lowest BCUT2D eigenvalue weighted by molar-refractivity contribution is 0.0695. The molecule has 1 heterocycles.